The zero-order valence-corrected chi connectivity index (χ0v) is 12.9. The molecular weight excluding hydrogens is 272 g/mol. The average molecular weight is 292 g/mol. The minimum Gasteiger partial charge on any atom is -0.354 e. The number of aromatic amines is 1. The molecule has 1 saturated heterocycles. The van der Waals surface area contributed by atoms with E-state index in [0.29, 0.717) is 16.4 Å². The molecule has 0 saturated carbocycles. The van der Waals surface area contributed by atoms with Gasteiger partial charge in [0.1, 0.15) is 5.82 Å². The van der Waals surface area contributed by atoms with Crippen LogP contribution in [0.15, 0.2) is 6.20 Å². The summed E-state index contributed by atoms with van der Waals surface area (Å²) in [6, 6.07) is 0. The molecule has 2 atom stereocenters. The first-order chi connectivity index (χ1) is 9.67. The van der Waals surface area contributed by atoms with Crippen molar-refractivity contribution in [2.75, 3.05) is 29.9 Å². The van der Waals surface area contributed by atoms with Crippen LogP contribution < -0.4 is 10.2 Å². The summed E-state index contributed by atoms with van der Waals surface area (Å²) in [4.78, 5) is 11.5. The van der Waals surface area contributed by atoms with E-state index in [1.165, 1.54) is 0 Å². The number of rotatable bonds is 3. The van der Waals surface area contributed by atoms with Crippen molar-refractivity contribution in [3.05, 3.63) is 6.20 Å². The smallest absolute Gasteiger partial charge is 0.226 e. The topological polar surface area (TPSA) is 69.7 Å². The summed E-state index contributed by atoms with van der Waals surface area (Å²) in [6.07, 6.45) is 1.82. The maximum Gasteiger partial charge on any atom is 0.226 e. The van der Waals surface area contributed by atoms with Crippen molar-refractivity contribution in [1.29, 1.82) is 0 Å². The van der Waals surface area contributed by atoms with Gasteiger partial charge in [0.2, 0.25) is 5.95 Å². The number of hydrogen-bond donors (Lipinski definition) is 2. The Morgan fingerprint density at radius 1 is 1.35 bits per heavy atom. The zero-order valence-electron chi connectivity index (χ0n) is 12.1. The van der Waals surface area contributed by atoms with Crippen molar-refractivity contribution in [3.63, 3.8) is 0 Å². The molecule has 6 nitrogen and oxygen atoms in total. The Morgan fingerprint density at radius 3 is 2.80 bits per heavy atom. The van der Waals surface area contributed by atoms with E-state index >= 15 is 0 Å². The van der Waals surface area contributed by atoms with Gasteiger partial charge in [-0.05, 0) is 6.92 Å². The highest BCUT2D eigenvalue weighted by Gasteiger charge is 2.25. The lowest BCUT2D eigenvalue weighted by Crippen LogP contribution is -2.41. The highest BCUT2D eigenvalue weighted by atomic mass is 32.2. The maximum atomic E-state index is 4.69. The van der Waals surface area contributed by atoms with E-state index in [0.717, 1.165) is 36.5 Å². The summed E-state index contributed by atoms with van der Waals surface area (Å²) in [7, 11) is 0. The lowest BCUT2D eigenvalue weighted by molar-refractivity contribution is 0.721. The van der Waals surface area contributed by atoms with Gasteiger partial charge >= 0.3 is 0 Å². The molecule has 2 unspecified atom stereocenters. The standard InChI is InChI=1S/C13H20N6S/c1-4-14-13-16-11-10(5-15-18-11)12(17-13)19-6-8(2)20-9(3)7-19/h5,8-9H,4,6-7H2,1-3H3,(H2,14,15,16,17,18). The quantitative estimate of drug-likeness (QED) is 0.903. The minimum absolute atomic E-state index is 0.609. The predicted molar refractivity (Wildman–Crippen MR) is 84.6 cm³/mol. The molecule has 3 rings (SSSR count). The SMILES string of the molecule is CCNc1nc(N2CC(C)SC(C)C2)c2cn[nH]c2n1. The van der Waals surface area contributed by atoms with Gasteiger partial charge in [-0.2, -0.15) is 26.8 Å². The third-order valence-corrected chi connectivity index (χ3v) is 4.57. The second-order valence-electron chi connectivity index (χ2n) is 5.20. The van der Waals surface area contributed by atoms with E-state index in [4.69, 9.17) is 0 Å². The summed E-state index contributed by atoms with van der Waals surface area (Å²) in [5, 5.41) is 12.5. The lowest BCUT2D eigenvalue weighted by Gasteiger charge is -2.35. The number of fused-ring (bicyclic) bond motifs is 1. The van der Waals surface area contributed by atoms with Crippen molar-refractivity contribution >= 4 is 34.6 Å². The van der Waals surface area contributed by atoms with Crippen molar-refractivity contribution < 1.29 is 0 Å². The Morgan fingerprint density at radius 2 is 2.10 bits per heavy atom. The van der Waals surface area contributed by atoms with E-state index in [-0.39, 0.29) is 0 Å². The number of H-pyrrole nitrogens is 1. The monoisotopic (exact) mass is 292 g/mol. The van der Waals surface area contributed by atoms with Gasteiger partial charge in [0, 0.05) is 30.1 Å². The fraction of sp³-hybridized carbons (Fsp3) is 0.615. The van der Waals surface area contributed by atoms with E-state index in [1.54, 1.807) is 0 Å². The Bertz CT molecular complexity index is 588. The van der Waals surface area contributed by atoms with E-state index in [1.807, 2.05) is 24.9 Å². The fourth-order valence-corrected chi connectivity index (χ4v) is 3.97. The van der Waals surface area contributed by atoms with Gasteiger partial charge in [0.05, 0.1) is 11.6 Å². The van der Waals surface area contributed by atoms with Crippen LogP contribution in [0.5, 0.6) is 0 Å². The Labute approximate surface area is 122 Å². The largest absolute Gasteiger partial charge is 0.354 e. The highest BCUT2D eigenvalue weighted by Crippen LogP contribution is 2.31. The second kappa shape index (κ2) is 5.47. The van der Waals surface area contributed by atoms with Crippen molar-refractivity contribution in [1.82, 2.24) is 20.2 Å². The van der Waals surface area contributed by atoms with E-state index < -0.39 is 0 Å². The molecule has 1 aliphatic rings. The molecule has 0 aromatic carbocycles. The third-order valence-electron chi connectivity index (χ3n) is 3.34. The van der Waals surface area contributed by atoms with Gasteiger partial charge in [-0.25, -0.2) is 0 Å². The lowest BCUT2D eigenvalue weighted by atomic mass is 10.3. The van der Waals surface area contributed by atoms with Crippen LogP contribution in [0.3, 0.4) is 0 Å². The van der Waals surface area contributed by atoms with Crippen LogP contribution in [0.2, 0.25) is 0 Å². The van der Waals surface area contributed by atoms with Crippen LogP contribution in [0.4, 0.5) is 11.8 Å². The molecule has 0 bridgehead atoms. The number of thioether (sulfide) groups is 1. The van der Waals surface area contributed by atoms with Gasteiger partial charge in [-0.15, -0.1) is 0 Å². The van der Waals surface area contributed by atoms with Gasteiger partial charge in [0.25, 0.3) is 0 Å². The van der Waals surface area contributed by atoms with Crippen LogP contribution in [0, 0.1) is 0 Å². The molecule has 2 N–H and O–H groups in total. The summed E-state index contributed by atoms with van der Waals surface area (Å²) < 4.78 is 0. The molecule has 1 fully saturated rings. The van der Waals surface area contributed by atoms with Gasteiger partial charge < -0.3 is 10.2 Å². The molecule has 7 heteroatoms. The number of hydrogen-bond acceptors (Lipinski definition) is 6. The molecule has 0 aliphatic carbocycles. The molecule has 20 heavy (non-hydrogen) atoms. The molecule has 3 heterocycles. The molecule has 0 radical (unpaired) electrons. The normalized spacial score (nSPS) is 23.2. The van der Waals surface area contributed by atoms with E-state index in [9.17, 15) is 0 Å². The first kappa shape index (κ1) is 13.5. The molecule has 0 amide bonds. The van der Waals surface area contributed by atoms with Gasteiger partial charge in [-0.3, -0.25) is 5.10 Å². The second-order valence-corrected chi connectivity index (χ2v) is 7.08. The number of anilines is 2. The first-order valence-corrected chi connectivity index (χ1v) is 7.97. The van der Waals surface area contributed by atoms with E-state index in [2.05, 4.69) is 44.2 Å². The van der Waals surface area contributed by atoms with Crippen LogP contribution in [-0.2, 0) is 0 Å². The summed E-state index contributed by atoms with van der Waals surface area (Å²) >= 11 is 2.04. The molecule has 1 aliphatic heterocycles. The summed E-state index contributed by atoms with van der Waals surface area (Å²) in [5.41, 5.74) is 0.796. The molecule has 2 aromatic heterocycles. The maximum absolute atomic E-state index is 4.69. The highest BCUT2D eigenvalue weighted by molar-refractivity contribution is 8.00. The molecule has 108 valence electrons. The Hall–Kier alpha value is -1.50. The number of aromatic nitrogens is 4. The average Bonchev–Trinajstić information content (AvgIpc) is 2.85. The molecule has 2 aromatic rings. The predicted octanol–water partition coefficient (Wildman–Crippen LogP) is 2.11. The van der Waals surface area contributed by atoms with Gasteiger partial charge in [-0.1, -0.05) is 13.8 Å². The van der Waals surface area contributed by atoms with Crippen LogP contribution in [0.1, 0.15) is 20.8 Å². The van der Waals surface area contributed by atoms with Crippen molar-refractivity contribution in [2.45, 2.75) is 31.3 Å². The van der Waals surface area contributed by atoms with Crippen molar-refractivity contribution in [3.8, 4) is 0 Å². The minimum atomic E-state index is 0.609. The Kier molecular flexibility index (Phi) is 3.69. The molecule has 0 spiro atoms. The third kappa shape index (κ3) is 2.54. The molecular formula is C13H20N6S. The zero-order chi connectivity index (χ0) is 14.1. The van der Waals surface area contributed by atoms with Crippen LogP contribution >= 0.6 is 11.8 Å². The first-order valence-electron chi connectivity index (χ1n) is 7.02. The van der Waals surface area contributed by atoms with Gasteiger partial charge in [0.15, 0.2) is 5.65 Å². The Balaban J connectivity index is 2.02. The summed E-state index contributed by atoms with van der Waals surface area (Å²) in [5.74, 6) is 1.65. The number of nitrogens with zero attached hydrogens (tertiary/aromatic N) is 4. The van der Waals surface area contributed by atoms with Crippen LogP contribution in [-0.4, -0.2) is 50.3 Å². The van der Waals surface area contributed by atoms with Crippen LogP contribution in [0.25, 0.3) is 11.0 Å². The van der Waals surface area contributed by atoms with Crippen molar-refractivity contribution in [2.24, 2.45) is 0 Å². The fourth-order valence-electron chi connectivity index (χ4n) is 2.65. The summed E-state index contributed by atoms with van der Waals surface area (Å²) in [6.45, 7) is 9.41. The number of nitrogens with one attached hydrogen (secondary N) is 2.